The van der Waals surface area contributed by atoms with Gasteiger partial charge in [-0.3, -0.25) is 9.59 Å². The zero-order chi connectivity index (χ0) is 26.2. The summed E-state index contributed by atoms with van der Waals surface area (Å²) in [5.41, 5.74) is 1.72. The van der Waals surface area contributed by atoms with Gasteiger partial charge in [-0.25, -0.2) is 9.78 Å². The average Bonchev–Trinajstić information content (AvgIpc) is 3.48. The van der Waals surface area contributed by atoms with Gasteiger partial charge in [0, 0.05) is 63.2 Å². The second-order valence-corrected chi connectivity index (χ2v) is 11.8. The number of hydrogen-bond donors (Lipinski definition) is 1. The molecule has 3 saturated heterocycles. The summed E-state index contributed by atoms with van der Waals surface area (Å²) < 4.78 is 2.02. The van der Waals surface area contributed by atoms with E-state index >= 15 is 0 Å². The summed E-state index contributed by atoms with van der Waals surface area (Å²) in [6.45, 7) is 4.16. The zero-order valence-electron chi connectivity index (χ0n) is 22.1. The Bertz CT molecular complexity index is 1230. The molecule has 1 aromatic heterocycles. The number of anilines is 1. The lowest BCUT2D eigenvalue weighted by molar-refractivity contribution is -0.155. The van der Waals surface area contributed by atoms with Gasteiger partial charge in [0.2, 0.25) is 0 Å². The molecule has 1 saturated carbocycles. The molecule has 1 aliphatic carbocycles. The van der Waals surface area contributed by atoms with Crippen molar-refractivity contribution in [2.75, 3.05) is 44.2 Å². The van der Waals surface area contributed by atoms with Crippen LogP contribution in [0.25, 0.3) is 11.0 Å². The van der Waals surface area contributed by atoms with Gasteiger partial charge < -0.3 is 24.4 Å². The van der Waals surface area contributed by atoms with Gasteiger partial charge in [-0.1, -0.05) is 44.2 Å². The van der Waals surface area contributed by atoms with Crippen LogP contribution in [-0.4, -0.2) is 81.6 Å². The third-order valence-corrected chi connectivity index (χ3v) is 9.49. The minimum Gasteiger partial charge on any atom is -0.474 e. The SMILES string of the molecule is O=C(O)C(=O)N1CC2CN(c3nc4ccccc4n(C4CCN(C5CCCCCCC5)CC4)c3=O)CC2C1. The lowest BCUT2D eigenvalue weighted by Gasteiger charge is -2.39. The number of para-hydroxylation sites is 2. The van der Waals surface area contributed by atoms with E-state index in [0.29, 0.717) is 38.0 Å². The van der Waals surface area contributed by atoms with Crippen molar-refractivity contribution in [1.82, 2.24) is 19.4 Å². The number of carboxylic acids is 1. The van der Waals surface area contributed by atoms with Crippen LogP contribution in [0.15, 0.2) is 29.1 Å². The number of carbonyl (C=O) groups excluding carboxylic acids is 1. The maximum atomic E-state index is 14.0. The fourth-order valence-corrected chi connectivity index (χ4v) is 7.49. The second-order valence-electron chi connectivity index (χ2n) is 11.8. The lowest BCUT2D eigenvalue weighted by atomic mass is 9.93. The molecule has 204 valence electrons. The molecule has 1 amide bonds. The maximum absolute atomic E-state index is 14.0. The number of aliphatic carboxylic acids is 1. The minimum absolute atomic E-state index is 0.0217. The summed E-state index contributed by atoms with van der Waals surface area (Å²) in [4.78, 5) is 48.1. The van der Waals surface area contributed by atoms with Crippen molar-refractivity contribution >= 4 is 28.7 Å². The molecule has 0 radical (unpaired) electrons. The van der Waals surface area contributed by atoms with E-state index in [-0.39, 0.29) is 23.4 Å². The lowest BCUT2D eigenvalue weighted by Crippen LogP contribution is -2.44. The van der Waals surface area contributed by atoms with E-state index in [9.17, 15) is 14.4 Å². The molecular formula is C29H39N5O4. The molecule has 2 unspecified atom stereocenters. The Kier molecular flexibility index (Phi) is 7.12. The van der Waals surface area contributed by atoms with Crippen molar-refractivity contribution in [3.63, 3.8) is 0 Å². The topological polar surface area (TPSA) is 99.0 Å². The van der Waals surface area contributed by atoms with Crippen LogP contribution in [0.1, 0.15) is 63.8 Å². The monoisotopic (exact) mass is 521 g/mol. The third-order valence-electron chi connectivity index (χ3n) is 9.49. The Morgan fingerprint density at radius 2 is 1.45 bits per heavy atom. The fraction of sp³-hybridized carbons (Fsp3) is 0.655. The predicted octanol–water partition coefficient (Wildman–Crippen LogP) is 3.13. The molecule has 1 N–H and O–H groups in total. The number of carbonyl (C=O) groups is 2. The van der Waals surface area contributed by atoms with Crippen LogP contribution in [-0.2, 0) is 9.59 Å². The highest BCUT2D eigenvalue weighted by molar-refractivity contribution is 6.31. The maximum Gasteiger partial charge on any atom is 0.394 e. The van der Waals surface area contributed by atoms with Gasteiger partial charge in [0.05, 0.1) is 11.0 Å². The second kappa shape index (κ2) is 10.7. The number of fused-ring (bicyclic) bond motifs is 2. The molecule has 4 fully saturated rings. The first-order chi connectivity index (χ1) is 18.5. The summed E-state index contributed by atoms with van der Waals surface area (Å²) in [6.07, 6.45) is 11.3. The number of nitrogens with zero attached hydrogens (tertiary/aromatic N) is 5. The van der Waals surface area contributed by atoms with E-state index in [4.69, 9.17) is 10.1 Å². The Balaban J connectivity index is 1.21. The third kappa shape index (κ3) is 4.81. The minimum atomic E-state index is -1.40. The van der Waals surface area contributed by atoms with Gasteiger partial charge in [0.15, 0.2) is 5.82 Å². The number of carboxylic acid groups (broad SMARTS) is 1. The molecule has 3 aliphatic heterocycles. The van der Waals surface area contributed by atoms with Gasteiger partial charge >= 0.3 is 11.9 Å². The van der Waals surface area contributed by atoms with Crippen LogP contribution in [0, 0.1) is 11.8 Å². The van der Waals surface area contributed by atoms with Crippen molar-refractivity contribution in [3.8, 4) is 0 Å². The summed E-state index contributed by atoms with van der Waals surface area (Å²) >= 11 is 0. The Morgan fingerprint density at radius 1 is 0.816 bits per heavy atom. The summed E-state index contributed by atoms with van der Waals surface area (Å²) in [6, 6.07) is 8.81. The van der Waals surface area contributed by atoms with Crippen molar-refractivity contribution < 1.29 is 14.7 Å². The first-order valence-electron chi connectivity index (χ1n) is 14.5. The molecule has 1 aromatic carbocycles. The van der Waals surface area contributed by atoms with Crippen molar-refractivity contribution in [1.29, 1.82) is 0 Å². The Labute approximate surface area is 223 Å². The summed E-state index contributed by atoms with van der Waals surface area (Å²) in [7, 11) is 0. The number of aromatic nitrogens is 2. The first kappa shape index (κ1) is 25.3. The summed E-state index contributed by atoms with van der Waals surface area (Å²) in [5.74, 6) is -1.42. The molecule has 2 aromatic rings. The van der Waals surface area contributed by atoms with Crippen molar-refractivity contribution in [2.45, 2.75) is 69.9 Å². The Morgan fingerprint density at radius 3 is 2.11 bits per heavy atom. The van der Waals surface area contributed by atoms with Crippen LogP contribution in [0.3, 0.4) is 0 Å². The van der Waals surface area contributed by atoms with Crippen molar-refractivity contribution in [3.05, 3.63) is 34.6 Å². The van der Waals surface area contributed by atoms with E-state index < -0.39 is 11.9 Å². The van der Waals surface area contributed by atoms with E-state index in [0.717, 1.165) is 37.0 Å². The number of rotatable bonds is 3. The van der Waals surface area contributed by atoms with Gasteiger partial charge in [0.25, 0.3) is 5.56 Å². The molecular weight excluding hydrogens is 482 g/mol. The molecule has 2 atom stereocenters. The van der Waals surface area contributed by atoms with Crippen molar-refractivity contribution in [2.24, 2.45) is 11.8 Å². The fourth-order valence-electron chi connectivity index (χ4n) is 7.49. The van der Waals surface area contributed by atoms with Crippen LogP contribution in [0.2, 0.25) is 0 Å². The van der Waals surface area contributed by atoms with E-state index in [1.165, 1.54) is 49.8 Å². The van der Waals surface area contributed by atoms with Gasteiger partial charge in [-0.15, -0.1) is 0 Å². The highest BCUT2D eigenvalue weighted by Gasteiger charge is 2.44. The average molecular weight is 522 g/mol. The molecule has 9 heteroatoms. The molecule has 0 spiro atoms. The number of hydrogen-bond acceptors (Lipinski definition) is 6. The van der Waals surface area contributed by atoms with Gasteiger partial charge in [0.1, 0.15) is 0 Å². The van der Waals surface area contributed by atoms with Crippen LogP contribution < -0.4 is 10.5 Å². The van der Waals surface area contributed by atoms with E-state index in [1.807, 2.05) is 28.8 Å². The standard InChI is InChI=1S/C29H39N5O4/c35-27-26(32-16-20-18-33(19-21(20)17-32)28(36)29(37)38)30-24-10-6-7-11-25(24)34(27)23-12-14-31(15-13-23)22-8-4-2-1-3-5-9-22/h6-7,10-11,20-23H,1-5,8-9,12-19H2,(H,37,38). The highest BCUT2D eigenvalue weighted by atomic mass is 16.4. The number of piperidine rings is 1. The van der Waals surface area contributed by atoms with Gasteiger partial charge in [-0.2, -0.15) is 0 Å². The largest absolute Gasteiger partial charge is 0.474 e. The van der Waals surface area contributed by atoms with Gasteiger partial charge in [-0.05, 0) is 37.8 Å². The summed E-state index contributed by atoms with van der Waals surface area (Å²) in [5, 5.41) is 9.08. The molecule has 4 aliphatic rings. The van der Waals surface area contributed by atoms with Crippen LogP contribution in [0.5, 0.6) is 0 Å². The Hall–Kier alpha value is -2.94. The highest BCUT2D eigenvalue weighted by Crippen LogP contribution is 2.34. The molecule has 6 rings (SSSR count). The van der Waals surface area contributed by atoms with Crippen LogP contribution >= 0.6 is 0 Å². The molecule has 9 nitrogen and oxygen atoms in total. The normalized spacial score (nSPS) is 25.9. The number of likely N-dealkylation sites (tertiary alicyclic amines) is 2. The molecule has 4 heterocycles. The first-order valence-corrected chi connectivity index (χ1v) is 14.5. The molecule has 38 heavy (non-hydrogen) atoms. The zero-order valence-corrected chi connectivity index (χ0v) is 22.1. The number of benzene rings is 1. The predicted molar refractivity (Wildman–Crippen MR) is 145 cm³/mol. The smallest absolute Gasteiger partial charge is 0.394 e. The van der Waals surface area contributed by atoms with E-state index in [2.05, 4.69) is 9.80 Å². The van der Waals surface area contributed by atoms with Crippen LogP contribution in [0.4, 0.5) is 5.82 Å². The molecule has 0 bridgehead atoms. The number of amides is 1. The quantitative estimate of drug-likeness (QED) is 0.620. The van der Waals surface area contributed by atoms with E-state index in [1.54, 1.807) is 0 Å².